The van der Waals surface area contributed by atoms with Crippen molar-refractivity contribution in [3.05, 3.63) is 64.7 Å². The van der Waals surface area contributed by atoms with E-state index in [1.807, 2.05) is 24.3 Å². The molecule has 0 spiro atoms. The van der Waals surface area contributed by atoms with Gasteiger partial charge in [0.15, 0.2) is 0 Å². The van der Waals surface area contributed by atoms with E-state index >= 15 is 0 Å². The summed E-state index contributed by atoms with van der Waals surface area (Å²) in [6.07, 6.45) is 1.99. The number of fused-ring (bicyclic) bond motifs is 1. The molecule has 1 atom stereocenters. The molecule has 1 amide bonds. The quantitative estimate of drug-likeness (QED) is 0.889. The van der Waals surface area contributed by atoms with E-state index < -0.39 is 10.0 Å². The first-order valence-electron chi connectivity index (χ1n) is 7.95. The van der Waals surface area contributed by atoms with Gasteiger partial charge in [-0.2, -0.15) is 0 Å². The highest BCUT2D eigenvalue weighted by molar-refractivity contribution is 7.92. The van der Waals surface area contributed by atoms with Crippen molar-refractivity contribution in [1.82, 2.24) is 5.32 Å². The maximum atomic E-state index is 12.4. The van der Waals surface area contributed by atoms with Crippen molar-refractivity contribution in [2.45, 2.75) is 18.9 Å². The van der Waals surface area contributed by atoms with Crippen LogP contribution in [-0.2, 0) is 21.2 Å². The number of hydrogen-bond acceptors (Lipinski definition) is 3. The fourth-order valence-corrected chi connectivity index (χ4v) is 4.15. The van der Waals surface area contributed by atoms with Crippen molar-refractivity contribution >= 4 is 33.2 Å². The number of sulfonamides is 1. The SMILES string of the molecule is CS(=O)(=O)N1CCC(NC(=O)Cc2ccc(Cl)cc2)c2ccccc21. The molecule has 1 unspecified atom stereocenters. The zero-order valence-corrected chi connectivity index (χ0v) is 15.3. The summed E-state index contributed by atoms with van der Waals surface area (Å²) < 4.78 is 25.3. The Morgan fingerprint density at radius 2 is 1.88 bits per heavy atom. The van der Waals surface area contributed by atoms with Gasteiger partial charge in [0.05, 0.1) is 24.4 Å². The summed E-state index contributed by atoms with van der Waals surface area (Å²) in [5.41, 5.74) is 2.33. The van der Waals surface area contributed by atoms with Gasteiger partial charge in [-0.15, -0.1) is 0 Å². The number of anilines is 1. The molecular formula is C18H19ClN2O3S. The first kappa shape index (κ1) is 17.8. The predicted octanol–water partition coefficient (Wildman–Crippen LogP) is 2.91. The number of amides is 1. The fourth-order valence-electron chi connectivity index (χ4n) is 3.06. The van der Waals surface area contributed by atoms with E-state index in [2.05, 4.69) is 5.32 Å². The first-order valence-corrected chi connectivity index (χ1v) is 10.2. The molecule has 1 N–H and O–H groups in total. The molecule has 7 heteroatoms. The number of nitrogens with zero attached hydrogens (tertiary/aromatic N) is 1. The number of halogens is 1. The lowest BCUT2D eigenvalue weighted by molar-refractivity contribution is -0.121. The molecule has 1 aliphatic rings. The molecule has 5 nitrogen and oxygen atoms in total. The van der Waals surface area contributed by atoms with Crippen LogP contribution in [0, 0.1) is 0 Å². The molecule has 1 aliphatic heterocycles. The monoisotopic (exact) mass is 378 g/mol. The third-order valence-electron chi connectivity index (χ3n) is 4.22. The van der Waals surface area contributed by atoms with Crippen LogP contribution in [0.3, 0.4) is 0 Å². The summed E-state index contributed by atoms with van der Waals surface area (Å²) in [6.45, 7) is 0.349. The van der Waals surface area contributed by atoms with E-state index in [4.69, 9.17) is 11.6 Å². The maximum Gasteiger partial charge on any atom is 0.232 e. The van der Waals surface area contributed by atoms with Crippen LogP contribution in [0.25, 0.3) is 0 Å². The third-order valence-corrected chi connectivity index (χ3v) is 5.65. The molecule has 2 aromatic rings. The normalized spacial score (nSPS) is 17.0. The number of benzene rings is 2. The summed E-state index contributed by atoms with van der Waals surface area (Å²) in [4.78, 5) is 12.4. The van der Waals surface area contributed by atoms with Gasteiger partial charge in [-0.25, -0.2) is 8.42 Å². The van der Waals surface area contributed by atoms with Gasteiger partial charge >= 0.3 is 0 Å². The average molecular weight is 379 g/mol. The third kappa shape index (κ3) is 4.14. The van der Waals surface area contributed by atoms with E-state index in [9.17, 15) is 13.2 Å². The van der Waals surface area contributed by atoms with Crippen LogP contribution in [0.2, 0.25) is 5.02 Å². The highest BCUT2D eigenvalue weighted by atomic mass is 35.5. The van der Waals surface area contributed by atoms with Gasteiger partial charge in [-0.1, -0.05) is 41.9 Å². The van der Waals surface area contributed by atoms with E-state index in [1.54, 1.807) is 24.3 Å². The van der Waals surface area contributed by atoms with Crippen molar-refractivity contribution in [2.75, 3.05) is 17.1 Å². The molecule has 2 aromatic carbocycles. The Balaban J connectivity index is 1.77. The minimum Gasteiger partial charge on any atom is -0.349 e. The summed E-state index contributed by atoms with van der Waals surface area (Å²) in [5.74, 6) is -0.102. The van der Waals surface area contributed by atoms with Gasteiger partial charge < -0.3 is 5.32 Å². The summed E-state index contributed by atoms with van der Waals surface area (Å²) >= 11 is 5.86. The Kier molecular flexibility index (Phi) is 5.01. The van der Waals surface area contributed by atoms with Gasteiger partial charge in [0.2, 0.25) is 15.9 Å². The number of rotatable bonds is 4. The lowest BCUT2D eigenvalue weighted by Crippen LogP contribution is -2.40. The molecule has 0 aliphatic carbocycles. The zero-order chi connectivity index (χ0) is 18.0. The average Bonchev–Trinajstić information content (AvgIpc) is 2.56. The zero-order valence-electron chi connectivity index (χ0n) is 13.8. The molecule has 1 heterocycles. The molecular weight excluding hydrogens is 360 g/mol. The van der Waals surface area contributed by atoms with Crippen molar-refractivity contribution < 1.29 is 13.2 Å². The minimum atomic E-state index is -3.34. The summed E-state index contributed by atoms with van der Waals surface area (Å²) in [7, 11) is -3.34. The number of nitrogens with one attached hydrogen (secondary N) is 1. The van der Waals surface area contributed by atoms with Crippen molar-refractivity contribution in [2.24, 2.45) is 0 Å². The second-order valence-electron chi connectivity index (χ2n) is 6.11. The first-order chi connectivity index (χ1) is 11.8. The van der Waals surface area contributed by atoms with Gasteiger partial charge in [-0.3, -0.25) is 9.10 Å². The van der Waals surface area contributed by atoms with Crippen LogP contribution in [-0.4, -0.2) is 27.1 Å². The number of carbonyl (C=O) groups excluding carboxylic acids is 1. The number of para-hydroxylation sites is 1. The molecule has 0 fully saturated rings. The van der Waals surface area contributed by atoms with Gasteiger partial charge in [-0.05, 0) is 35.7 Å². The molecule has 0 saturated heterocycles. The van der Waals surface area contributed by atoms with Crippen LogP contribution < -0.4 is 9.62 Å². The van der Waals surface area contributed by atoms with Crippen molar-refractivity contribution in [1.29, 1.82) is 0 Å². The Bertz CT molecular complexity index is 881. The molecule has 0 aromatic heterocycles. The lowest BCUT2D eigenvalue weighted by atomic mass is 9.97. The van der Waals surface area contributed by atoms with Crippen LogP contribution in [0.5, 0.6) is 0 Å². The Morgan fingerprint density at radius 3 is 2.56 bits per heavy atom. The van der Waals surface area contributed by atoms with Crippen LogP contribution in [0.15, 0.2) is 48.5 Å². The van der Waals surface area contributed by atoms with Crippen molar-refractivity contribution in [3.8, 4) is 0 Å². The Hall–Kier alpha value is -2.05. The van der Waals surface area contributed by atoms with E-state index in [0.29, 0.717) is 23.7 Å². The van der Waals surface area contributed by atoms with E-state index in [-0.39, 0.29) is 18.4 Å². The fraction of sp³-hybridized carbons (Fsp3) is 0.278. The standard InChI is InChI=1S/C18H19ClN2O3S/c1-25(23,24)21-11-10-16(15-4-2-3-5-17(15)21)20-18(22)12-13-6-8-14(19)9-7-13/h2-9,16H,10-12H2,1H3,(H,20,22). The topological polar surface area (TPSA) is 66.5 Å². The molecule has 0 saturated carbocycles. The van der Waals surface area contributed by atoms with E-state index in [1.165, 1.54) is 10.6 Å². The van der Waals surface area contributed by atoms with Crippen molar-refractivity contribution in [3.63, 3.8) is 0 Å². The smallest absolute Gasteiger partial charge is 0.232 e. The van der Waals surface area contributed by atoms with Crippen LogP contribution >= 0.6 is 11.6 Å². The van der Waals surface area contributed by atoms with Crippen LogP contribution in [0.1, 0.15) is 23.6 Å². The molecule has 3 rings (SSSR count). The summed E-state index contributed by atoms with van der Waals surface area (Å²) in [5, 5.41) is 3.65. The van der Waals surface area contributed by atoms with E-state index in [0.717, 1.165) is 11.1 Å². The van der Waals surface area contributed by atoms with Crippen LogP contribution in [0.4, 0.5) is 5.69 Å². The molecule has 0 bridgehead atoms. The van der Waals surface area contributed by atoms with Gasteiger partial charge in [0.1, 0.15) is 0 Å². The highest BCUT2D eigenvalue weighted by Crippen LogP contribution is 2.35. The Morgan fingerprint density at radius 1 is 1.20 bits per heavy atom. The predicted molar refractivity (Wildman–Crippen MR) is 99.3 cm³/mol. The minimum absolute atomic E-state index is 0.102. The lowest BCUT2D eigenvalue weighted by Gasteiger charge is -2.34. The molecule has 25 heavy (non-hydrogen) atoms. The Labute approximate surface area is 152 Å². The molecule has 0 radical (unpaired) electrons. The maximum absolute atomic E-state index is 12.4. The number of carbonyl (C=O) groups is 1. The van der Waals surface area contributed by atoms with Gasteiger partial charge in [0, 0.05) is 11.6 Å². The molecule has 132 valence electrons. The largest absolute Gasteiger partial charge is 0.349 e. The second kappa shape index (κ2) is 7.06. The number of hydrogen-bond donors (Lipinski definition) is 1. The highest BCUT2D eigenvalue weighted by Gasteiger charge is 2.30. The van der Waals surface area contributed by atoms with Gasteiger partial charge in [0.25, 0.3) is 0 Å². The second-order valence-corrected chi connectivity index (χ2v) is 8.45. The summed E-state index contributed by atoms with van der Waals surface area (Å²) in [6, 6.07) is 14.2.